The van der Waals surface area contributed by atoms with Crippen molar-refractivity contribution in [2.24, 2.45) is 0 Å². The van der Waals surface area contributed by atoms with Gasteiger partial charge in [-0.05, 0) is 64.7 Å². The van der Waals surface area contributed by atoms with Crippen molar-refractivity contribution in [1.82, 2.24) is 15.0 Å². The van der Waals surface area contributed by atoms with Gasteiger partial charge < -0.3 is 8.83 Å². The first-order valence-corrected chi connectivity index (χ1v) is 16.2. The minimum atomic E-state index is -0.0514. The average molecular weight is 618 g/mol. The van der Waals surface area contributed by atoms with E-state index in [9.17, 15) is 0 Å². The van der Waals surface area contributed by atoms with Crippen molar-refractivity contribution in [3.63, 3.8) is 0 Å². The SMILES string of the molecule is C1=CC(c2nc(-c3ccc4ccccc4c3)nc(-c3cccc4oc5ccc(-c6ccccc6)cc5c34)n2)Cc2c1oc1ccccc21. The quantitative estimate of drug-likeness (QED) is 0.197. The van der Waals surface area contributed by atoms with Gasteiger partial charge in [0.2, 0.25) is 0 Å². The maximum absolute atomic E-state index is 6.39. The van der Waals surface area contributed by atoms with Crippen molar-refractivity contribution in [2.45, 2.75) is 12.3 Å². The van der Waals surface area contributed by atoms with E-state index < -0.39 is 0 Å². The summed E-state index contributed by atoms with van der Waals surface area (Å²) < 4.78 is 12.6. The number of rotatable bonds is 4. The molecule has 9 aromatic rings. The van der Waals surface area contributed by atoms with Crippen molar-refractivity contribution < 1.29 is 8.83 Å². The first-order valence-electron chi connectivity index (χ1n) is 16.2. The van der Waals surface area contributed by atoms with Crippen LogP contribution in [0.25, 0.3) is 83.7 Å². The number of hydrogen-bond donors (Lipinski definition) is 0. The predicted octanol–water partition coefficient (Wildman–Crippen LogP) is 11.0. The summed E-state index contributed by atoms with van der Waals surface area (Å²) in [4.78, 5) is 15.5. The van der Waals surface area contributed by atoms with Gasteiger partial charge in [0.05, 0.1) is 0 Å². The lowest BCUT2D eigenvalue weighted by molar-refractivity contribution is 0.589. The zero-order chi connectivity index (χ0) is 31.6. The van der Waals surface area contributed by atoms with Gasteiger partial charge in [0, 0.05) is 38.8 Å². The van der Waals surface area contributed by atoms with E-state index in [1.165, 1.54) is 10.9 Å². The Bertz CT molecular complexity index is 2720. The number of allylic oxidation sites excluding steroid dienone is 1. The minimum Gasteiger partial charge on any atom is -0.456 e. The second-order valence-electron chi connectivity index (χ2n) is 12.4. The summed E-state index contributed by atoms with van der Waals surface area (Å²) in [6.45, 7) is 0. The Balaban J connectivity index is 1.18. The van der Waals surface area contributed by atoms with Crippen molar-refractivity contribution in [3.8, 4) is 33.9 Å². The molecule has 1 aliphatic rings. The topological polar surface area (TPSA) is 65.0 Å². The van der Waals surface area contributed by atoms with Crippen LogP contribution in [0.1, 0.15) is 23.1 Å². The van der Waals surface area contributed by atoms with E-state index in [-0.39, 0.29) is 5.92 Å². The monoisotopic (exact) mass is 617 g/mol. The van der Waals surface area contributed by atoms with Gasteiger partial charge in [0.25, 0.3) is 0 Å². The van der Waals surface area contributed by atoms with Crippen LogP contribution in [0.5, 0.6) is 0 Å². The molecule has 0 amide bonds. The molecule has 10 rings (SSSR count). The van der Waals surface area contributed by atoms with Gasteiger partial charge in [-0.3, -0.25) is 0 Å². The fourth-order valence-corrected chi connectivity index (χ4v) is 7.09. The Morgan fingerprint density at radius 3 is 2.23 bits per heavy atom. The van der Waals surface area contributed by atoms with Crippen LogP contribution in [0, 0.1) is 0 Å². The highest BCUT2D eigenvalue weighted by Gasteiger charge is 2.25. The number of furan rings is 2. The number of nitrogens with zero attached hydrogens (tertiary/aromatic N) is 3. The molecule has 0 spiro atoms. The third-order valence-electron chi connectivity index (χ3n) is 9.47. The summed E-state index contributed by atoms with van der Waals surface area (Å²) in [7, 11) is 0. The van der Waals surface area contributed by atoms with Crippen LogP contribution in [-0.4, -0.2) is 15.0 Å². The second-order valence-corrected chi connectivity index (χ2v) is 12.4. The van der Waals surface area contributed by atoms with Crippen molar-refractivity contribution in [2.75, 3.05) is 0 Å². The normalized spacial score (nSPS) is 14.3. The highest BCUT2D eigenvalue weighted by Crippen LogP contribution is 2.40. The Morgan fingerprint density at radius 1 is 0.521 bits per heavy atom. The van der Waals surface area contributed by atoms with Gasteiger partial charge >= 0.3 is 0 Å². The summed E-state index contributed by atoms with van der Waals surface area (Å²) in [6.07, 6.45) is 4.97. The summed E-state index contributed by atoms with van der Waals surface area (Å²) in [5.41, 5.74) is 7.86. The molecular formula is C43H27N3O2. The smallest absolute Gasteiger partial charge is 0.164 e. The second kappa shape index (κ2) is 10.6. The predicted molar refractivity (Wildman–Crippen MR) is 193 cm³/mol. The molecule has 0 aliphatic heterocycles. The Kier molecular flexibility index (Phi) is 5.93. The zero-order valence-corrected chi connectivity index (χ0v) is 25.8. The molecule has 3 aromatic heterocycles. The van der Waals surface area contributed by atoms with E-state index in [1.54, 1.807) is 0 Å². The highest BCUT2D eigenvalue weighted by molar-refractivity contribution is 6.12. The average Bonchev–Trinajstić information content (AvgIpc) is 3.72. The lowest BCUT2D eigenvalue weighted by atomic mass is 9.91. The van der Waals surface area contributed by atoms with E-state index in [1.807, 2.05) is 30.3 Å². The molecule has 226 valence electrons. The molecule has 0 radical (unpaired) electrons. The van der Waals surface area contributed by atoms with E-state index in [4.69, 9.17) is 23.8 Å². The Labute approximate surface area is 275 Å². The number of hydrogen-bond acceptors (Lipinski definition) is 5. The first kappa shape index (κ1) is 26.8. The van der Waals surface area contributed by atoms with Gasteiger partial charge in [-0.25, -0.2) is 15.0 Å². The van der Waals surface area contributed by atoms with Gasteiger partial charge in [-0.2, -0.15) is 0 Å². The standard InChI is InChI=1S/C43H27N3O2/c1-2-9-26(10-3-1)29-19-21-38-35(24-29)40-33(14-8-16-39(40)48-38)43-45-41(30-18-17-27-11-4-5-12-28(27)23-30)44-42(46-43)31-20-22-37-34(25-31)32-13-6-7-15-36(32)47-37/h1-24,31H,25H2. The van der Waals surface area contributed by atoms with Crippen LogP contribution in [0.4, 0.5) is 0 Å². The van der Waals surface area contributed by atoms with E-state index in [0.29, 0.717) is 11.6 Å². The van der Waals surface area contributed by atoms with E-state index in [2.05, 4.69) is 115 Å². The van der Waals surface area contributed by atoms with Crippen LogP contribution < -0.4 is 0 Å². The van der Waals surface area contributed by atoms with Crippen LogP contribution in [-0.2, 0) is 6.42 Å². The molecule has 5 heteroatoms. The molecule has 6 aromatic carbocycles. The van der Waals surface area contributed by atoms with Crippen molar-refractivity contribution in [3.05, 3.63) is 157 Å². The zero-order valence-electron chi connectivity index (χ0n) is 25.8. The molecule has 0 fully saturated rings. The van der Waals surface area contributed by atoms with Gasteiger partial charge in [-0.1, -0.05) is 109 Å². The summed E-state index contributed by atoms with van der Waals surface area (Å²) in [6, 6.07) is 45.9. The molecule has 3 heterocycles. The van der Waals surface area contributed by atoms with Gasteiger partial charge in [0.1, 0.15) is 28.3 Å². The summed E-state index contributed by atoms with van der Waals surface area (Å²) in [5.74, 6) is 2.85. The lowest BCUT2D eigenvalue weighted by Crippen LogP contribution is -2.11. The lowest BCUT2D eigenvalue weighted by Gasteiger charge is -2.17. The fourth-order valence-electron chi connectivity index (χ4n) is 7.09. The number of aromatic nitrogens is 3. The Morgan fingerprint density at radius 2 is 1.29 bits per heavy atom. The largest absolute Gasteiger partial charge is 0.456 e. The van der Waals surface area contributed by atoms with Gasteiger partial charge in [-0.15, -0.1) is 0 Å². The molecule has 5 nitrogen and oxygen atoms in total. The molecule has 1 atom stereocenters. The summed E-state index contributed by atoms with van der Waals surface area (Å²) >= 11 is 0. The van der Waals surface area contributed by atoms with Crippen LogP contribution in [0.2, 0.25) is 0 Å². The molecule has 0 saturated carbocycles. The molecule has 1 unspecified atom stereocenters. The highest BCUT2D eigenvalue weighted by atomic mass is 16.3. The fraction of sp³-hybridized carbons (Fsp3) is 0.0465. The number of benzene rings is 6. The number of fused-ring (bicyclic) bond motifs is 7. The maximum atomic E-state index is 6.39. The van der Waals surface area contributed by atoms with E-state index in [0.717, 1.165) is 78.6 Å². The molecule has 0 saturated heterocycles. The minimum absolute atomic E-state index is 0.0514. The van der Waals surface area contributed by atoms with E-state index >= 15 is 0 Å². The Hall–Kier alpha value is -6.33. The first-order chi connectivity index (χ1) is 23.7. The van der Waals surface area contributed by atoms with Gasteiger partial charge in [0.15, 0.2) is 11.6 Å². The molecule has 1 aliphatic carbocycles. The third-order valence-corrected chi connectivity index (χ3v) is 9.47. The summed E-state index contributed by atoms with van der Waals surface area (Å²) in [5, 5.41) is 5.48. The molecule has 0 bridgehead atoms. The van der Waals surface area contributed by atoms with Crippen molar-refractivity contribution >= 4 is 49.8 Å². The third kappa shape index (κ3) is 4.36. The molecular weight excluding hydrogens is 590 g/mol. The van der Waals surface area contributed by atoms with Crippen LogP contribution >= 0.6 is 0 Å². The number of para-hydroxylation sites is 1. The van der Waals surface area contributed by atoms with Crippen molar-refractivity contribution in [1.29, 1.82) is 0 Å². The van der Waals surface area contributed by atoms with Crippen LogP contribution in [0.3, 0.4) is 0 Å². The maximum Gasteiger partial charge on any atom is 0.164 e. The van der Waals surface area contributed by atoms with Crippen LogP contribution in [0.15, 0.2) is 148 Å². The molecule has 48 heavy (non-hydrogen) atoms. The molecule has 0 N–H and O–H groups in total.